The van der Waals surface area contributed by atoms with Crippen LogP contribution in [0.4, 0.5) is 4.39 Å². The molecule has 0 N–H and O–H groups in total. The van der Waals surface area contributed by atoms with E-state index in [1.54, 1.807) is 13.0 Å². The number of ether oxygens (including phenoxy) is 1. The average Bonchev–Trinajstić information content (AvgIpc) is 2.12. The number of carbonyl (C=O) groups excluding carboxylic acids is 1. The summed E-state index contributed by atoms with van der Waals surface area (Å²) in [5, 5.41) is 0. The number of carbonyl (C=O) groups is 1. The highest BCUT2D eigenvalue weighted by Crippen LogP contribution is 2.18. The Morgan fingerprint density at radius 2 is 2.29 bits per heavy atom. The summed E-state index contributed by atoms with van der Waals surface area (Å²) in [5.74, 6) is -0.703. The van der Waals surface area contributed by atoms with E-state index in [-0.39, 0.29) is 18.2 Å². The number of hydrogen-bond donors (Lipinski definition) is 0. The molecule has 0 saturated carbocycles. The molecule has 1 aromatic rings. The molecule has 0 saturated heterocycles. The van der Waals surface area contributed by atoms with Gasteiger partial charge in [0.25, 0.3) is 0 Å². The zero-order valence-electron chi connectivity index (χ0n) is 7.72. The van der Waals surface area contributed by atoms with Crippen LogP contribution >= 0.6 is 15.9 Å². The Kier molecular flexibility index (Phi) is 4.07. The highest BCUT2D eigenvalue weighted by Gasteiger charge is 2.08. The van der Waals surface area contributed by atoms with E-state index < -0.39 is 0 Å². The summed E-state index contributed by atoms with van der Waals surface area (Å²) in [6.07, 6.45) is 0.0895. The predicted molar refractivity (Wildman–Crippen MR) is 54.4 cm³/mol. The first-order chi connectivity index (χ1) is 6.63. The minimum atomic E-state index is -0.354. The minimum Gasteiger partial charge on any atom is -0.466 e. The molecule has 0 bridgehead atoms. The van der Waals surface area contributed by atoms with Gasteiger partial charge >= 0.3 is 5.97 Å². The lowest BCUT2D eigenvalue weighted by Gasteiger charge is -2.04. The van der Waals surface area contributed by atoms with Crippen molar-refractivity contribution >= 4 is 21.9 Å². The number of rotatable bonds is 3. The van der Waals surface area contributed by atoms with Crippen LogP contribution in [0.25, 0.3) is 0 Å². The molecule has 76 valence electrons. The van der Waals surface area contributed by atoms with Crippen LogP contribution < -0.4 is 0 Å². The normalized spacial score (nSPS) is 9.93. The van der Waals surface area contributed by atoms with Crippen molar-refractivity contribution in [3.63, 3.8) is 0 Å². The topological polar surface area (TPSA) is 26.3 Å². The lowest BCUT2D eigenvalue weighted by Crippen LogP contribution is -2.08. The number of halogens is 2. The van der Waals surface area contributed by atoms with E-state index in [1.807, 2.05) is 0 Å². The maximum Gasteiger partial charge on any atom is 0.310 e. The Labute approximate surface area is 90.2 Å². The van der Waals surface area contributed by atoms with Crippen molar-refractivity contribution in [2.75, 3.05) is 6.61 Å². The zero-order valence-corrected chi connectivity index (χ0v) is 9.30. The summed E-state index contributed by atoms with van der Waals surface area (Å²) < 4.78 is 18.3. The van der Waals surface area contributed by atoms with E-state index in [2.05, 4.69) is 15.9 Å². The summed E-state index contributed by atoms with van der Waals surface area (Å²) in [4.78, 5) is 11.1. The van der Waals surface area contributed by atoms with Gasteiger partial charge in [-0.2, -0.15) is 0 Å². The smallest absolute Gasteiger partial charge is 0.310 e. The van der Waals surface area contributed by atoms with Crippen molar-refractivity contribution in [1.29, 1.82) is 0 Å². The zero-order chi connectivity index (χ0) is 10.6. The fourth-order valence-electron chi connectivity index (χ4n) is 1.05. The Hall–Kier alpha value is -0.900. The molecular formula is C10H10BrFO2. The summed E-state index contributed by atoms with van der Waals surface area (Å²) in [6.45, 7) is 2.07. The van der Waals surface area contributed by atoms with E-state index in [4.69, 9.17) is 4.74 Å². The van der Waals surface area contributed by atoms with E-state index in [0.29, 0.717) is 16.6 Å². The van der Waals surface area contributed by atoms with E-state index in [0.717, 1.165) is 0 Å². The van der Waals surface area contributed by atoms with Gasteiger partial charge in [-0.3, -0.25) is 4.79 Å². The molecule has 14 heavy (non-hydrogen) atoms. The lowest BCUT2D eigenvalue weighted by atomic mass is 10.1. The number of esters is 1. The maximum atomic E-state index is 12.8. The molecule has 0 atom stereocenters. The second kappa shape index (κ2) is 5.10. The average molecular weight is 261 g/mol. The van der Waals surface area contributed by atoms with Gasteiger partial charge in [-0.05, 0) is 30.7 Å². The van der Waals surface area contributed by atoms with E-state index in [1.165, 1.54) is 12.1 Å². The van der Waals surface area contributed by atoms with Gasteiger partial charge in [0.15, 0.2) is 0 Å². The molecule has 0 unspecified atom stereocenters. The lowest BCUT2D eigenvalue weighted by molar-refractivity contribution is -0.142. The number of hydrogen-bond acceptors (Lipinski definition) is 2. The van der Waals surface area contributed by atoms with Gasteiger partial charge in [0.1, 0.15) is 5.82 Å². The molecule has 0 aliphatic heterocycles. The standard InChI is InChI=1S/C10H10BrFO2/c1-2-14-10(13)6-7-5-8(12)3-4-9(7)11/h3-5H,2,6H2,1H3. The van der Waals surface area contributed by atoms with Crippen LogP contribution in [0.2, 0.25) is 0 Å². The molecule has 2 nitrogen and oxygen atoms in total. The summed E-state index contributed by atoms with van der Waals surface area (Å²) in [5.41, 5.74) is 0.600. The van der Waals surface area contributed by atoms with Crippen molar-refractivity contribution in [2.45, 2.75) is 13.3 Å². The third-order valence-electron chi connectivity index (χ3n) is 1.65. The van der Waals surface area contributed by atoms with Crippen LogP contribution in [0.1, 0.15) is 12.5 Å². The van der Waals surface area contributed by atoms with Gasteiger partial charge < -0.3 is 4.74 Å². The maximum absolute atomic E-state index is 12.8. The van der Waals surface area contributed by atoms with Crippen LogP contribution in [0.15, 0.2) is 22.7 Å². The van der Waals surface area contributed by atoms with E-state index >= 15 is 0 Å². The van der Waals surface area contributed by atoms with Crippen LogP contribution in [-0.4, -0.2) is 12.6 Å². The highest BCUT2D eigenvalue weighted by atomic mass is 79.9. The molecule has 4 heteroatoms. The van der Waals surface area contributed by atoms with E-state index in [9.17, 15) is 9.18 Å². The molecule has 0 fully saturated rings. The first-order valence-electron chi connectivity index (χ1n) is 4.23. The van der Waals surface area contributed by atoms with Gasteiger partial charge in [-0.1, -0.05) is 15.9 Å². The fourth-order valence-corrected chi connectivity index (χ4v) is 1.43. The van der Waals surface area contributed by atoms with Crippen molar-refractivity contribution < 1.29 is 13.9 Å². The monoisotopic (exact) mass is 260 g/mol. The minimum absolute atomic E-state index is 0.0895. The molecule has 0 amide bonds. The first kappa shape index (κ1) is 11.2. The van der Waals surface area contributed by atoms with Gasteiger partial charge in [0.05, 0.1) is 13.0 Å². The predicted octanol–water partition coefficient (Wildman–Crippen LogP) is 2.69. The summed E-state index contributed by atoms with van der Waals surface area (Å²) in [6, 6.07) is 4.23. The third kappa shape index (κ3) is 3.10. The molecule has 1 aromatic carbocycles. The fraction of sp³-hybridized carbons (Fsp3) is 0.300. The molecule has 0 radical (unpaired) electrons. The Morgan fingerprint density at radius 1 is 1.57 bits per heavy atom. The SMILES string of the molecule is CCOC(=O)Cc1cc(F)ccc1Br. The van der Waals surface area contributed by atoms with Crippen molar-refractivity contribution in [3.8, 4) is 0 Å². The van der Waals surface area contributed by atoms with Crippen molar-refractivity contribution in [3.05, 3.63) is 34.1 Å². The molecule has 0 aromatic heterocycles. The van der Waals surface area contributed by atoms with Gasteiger partial charge in [0, 0.05) is 4.47 Å². The second-order valence-corrected chi connectivity index (χ2v) is 3.57. The molecule has 0 heterocycles. The van der Waals surface area contributed by atoms with Crippen LogP contribution in [-0.2, 0) is 16.0 Å². The van der Waals surface area contributed by atoms with Crippen LogP contribution in [0, 0.1) is 5.82 Å². The Balaban J connectivity index is 2.75. The summed E-state index contributed by atoms with van der Waals surface area (Å²) in [7, 11) is 0. The molecular weight excluding hydrogens is 251 g/mol. The van der Waals surface area contributed by atoms with Gasteiger partial charge in [-0.25, -0.2) is 4.39 Å². The second-order valence-electron chi connectivity index (χ2n) is 2.72. The number of benzene rings is 1. The Morgan fingerprint density at radius 3 is 2.93 bits per heavy atom. The van der Waals surface area contributed by atoms with Crippen LogP contribution in [0.3, 0.4) is 0 Å². The van der Waals surface area contributed by atoms with Crippen molar-refractivity contribution in [1.82, 2.24) is 0 Å². The van der Waals surface area contributed by atoms with Crippen molar-refractivity contribution in [2.24, 2.45) is 0 Å². The highest BCUT2D eigenvalue weighted by molar-refractivity contribution is 9.10. The first-order valence-corrected chi connectivity index (χ1v) is 5.02. The third-order valence-corrected chi connectivity index (χ3v) is 2.42. The molecule has 1 rings (SSSR count). The molecule has 0 aliphatic rings. The largest absolute Gasteiger partial charge is 0.466 e. The van der Waals surface area contributed by atoms with Crippen LogP contribution in [0.5, 0.6) is 0 Å². The Bertz CT molecular complexity index is 339. The molecule has 0 aliphatic carbocycles. The summed E-state index contributed by atoms with van der Waals surface area (Å²) >= 11 is 3.24. The van der Waals surface area contributed by atoms with Gasteiger partial charge in [0.2, 0.25) is 0 Å². The quantitative estimate of drug-likeness (QED) is 0.782. The van der Waals surface area contributed by atoms with Gasteiger partial charge in [-0.15, -0.1) is 0 Å². The molecule has 0 spiro atoms.